The van der Waals surface area contributed by atoms with E-state index in [1.165, 1.54) is 18.8 Å². The van der Waals surface area contributed by atoms with E-state index in [-0.39, 0.29) is 38.7 Å². The summed E-state index contributed by atoms with van der Waals surface area (Å²) in [5.41, 5.74) is 1.49. The lowest BCUT2D eigenvalue weighted by atomic mass is 10.0. The molecule has 1 aliphatic heterocycles. The number of hydrogen-bond donors (Lipinski definition) is 3. The van der Waals surface area contributed by atoms with Crippen molar-refractivity contribution in [1.82, 2.24) is 9.55 Å². The van der Waals surface area contributed by atoms with Gasteiger partial charge in [0.2, 0.25) is 11.6 Å². The smallest absolute Gasteiger partial charge is 0.264 e. The van der Waals surface area contributed by atoms with Gasteiger partial charge in [-0.15, -0.1) is 11.8 Å². The third kappa shape index (κ3) is 3.87. The first kappa shape index (κ1) is 22.0. The SMILES string of the molecule is COc1cc(C2CC(c3c(O)n(C)c(=S)[nH]c3=O)=Nc3ccccc3S2)cc(OC)c1O. The van der Waals surface area contributed by atoms with Crippen molar-refractivity contribution in [3.8, 4) is 23.1 Å². The fraction of sp³-hybridized carbons (Fsp3) is 0.227. The van der Waals surface area contributed by atoms with E-state index >= 15 is 0 Å². The number of aromatic hydroxyl groups is 2. The largest absolute Gasteiger partial charge is 0.502 e. The van der Waals surface area contributed by atoms with Gasteiger partial charge in [-0.25, -0.2) is 0 Å². The minimum Gasteiger partial charge on any atom is -0.502 e. The number of H-pyrrole nitrogens is 1. The average Bonchev–Trinajstić information content (AvgIpc) is 2.97. The van der Waals surface area contributed by atoms with Gasteiger partial charge in [0.1, 0.15) is 5.56 Å². The van der Waals surface area contributed by atoms with Crippen LogP contribution in [0.1, 0.15) is 22.8 Å². The molecule has 8 nitrogen and oxygen atoms in total. The Balaban J connectivity index is 1.92. The first-order valence-corrected chi connectivity index (χ1v) is 10.9. The van der Waals surface area contributed by atoms with Crippen molar-refractivity contribution in [1.29, 1.82) is 0 Å². The second-order valence-corrected chi connectivity index (χ2v) is 8.76. The summed E-state index contributed by atoms with van der Waals surface area (Å²) in [4.78, 5) is 21.0. The van der Waals surface area contributed by atoms with Gasteiger partial charge in [0, 0.05) is 23.6 Å². The Hall–Kier alpha value is -3.24. The van der Waals surface area contributed by atoms with Gasteiger partial charge in [0.25, 0.3) is 5.56 Å². The molecule has 0 bridgehead atoms. The molecule has 0 amide bonds. The normalized spacial score (nSPS) is 15.5. The molecule has 0 saturated heterocycles. The van der Waals surface area contributed by atoms with E-state index in [0.717, 1.165) is 10.5 Å². The summed E-state index contributed by atoms with van der Waals surface area (Å²) in [6, 6.07) is 11.1. The van der Waals surface area contributed by atoms with Gasteiger partial charge >= 0.3 is 0 Å². The predicted octanol–water partition coefficient (Wildman–Crippen LogP) is 4.23. The Morgan fingerprint density at radius 1 is 1.19 bits per heavy atom. The molecule has 3 N–H and O–H groups in total. The maximum atomic E-state index is 12.8. The number of para-hydroxylation sites is 1. The van der Waals surface area contributed by atoms with Crippen molar-refractivity contribution in [3.63, 3.8) is 0 Å². The molecule has 1 aromatic heterocycles. The molecule has 0 radical (unpaired) electrons. The van der Waals surface area contributed by atoms with Crippen molar-refractivity contribution in [2.75, 3.05) is 14.2 Å². The molecule has 32 heavy (non-hydrogen) atoms. The van der Waals surface area contributed by atoms with Crippen LogP contribution in [0.25, 0.3) is 0 Å². The fourth-order valence-electron chi connectivity index (χ4n) is 3.52. The van der Waals surface area contributed by atoms with Gasteiger partial charge in [0.15, 0.2) is 16.3 Å². The van der Waals surface area contributed by atoms with Gasteiger partial charge in [-0.1, -0.05) is 12.1 Å². The molecule has 0 aliphatic carbocycles. The second-order valence-electron chi connectivity index (χ2n) is 7.13. The Morgan fingerprint density at radius 3 is 2.50 bits per heavy atom. The van der Waals surface area contributed by atoms with E-state index in [2.05, 4.69) is 4.98 Å². The van der Waals surface area contributed by atoms with Crippen molar-refractivity contribution in [2.45, 2.75) is 16.6 Å². The Morgan fingerprint density at radius 2 is 1.84 bits per heavy atom. The van der Waals surface area contributed by atoms with Gasteiger partial charge < -0.3 is 19.7 Å². The number of phenolic OH excluding ortho intramolecular Hbond substituents is 1. The van der Waals surface area contributed by atoms with E-state index < -0.39 is 5.56 Å². The summed E-state index contributed by atoms with van der Waals surface area (Å²) >= 11 is 6.66. The number of benzene rings is 2. The standard InChI is InChI=1S/C22H21N3O5S2/c1-25-21(28)18(20(27)24-22(25)31)13-10-17(32-16-7-5-4-6-12(16)23-13)11-8-14(29-2)19(26)15(9-11)30-3/h4-9,17,26,28H,10H2,1-3H3,(H,24,27,31). The van der Waals surface area contributed by atoms with Crippen LogP contribution in [0, 0.1) is 4.77 Å². The summed E-state index contributed by atoms with van der Waals surface area (Å²) in [6.45, 7) is 0. The average molecular weight is 472 g/mol. The van der Waals surface area contributed by atoms with E-state index in [1.807, 2.05) is 24.3 Å². The third-order valence-electron chi connectivity index (χ3n) is 5.22. The van der Waals surface area contributed by atoms with Crippen molar-refractivity contribution >= 4 is 35.4 Å². The van der Waals surface area contributed by atoms with E-state index in [4.69, 9.17) is 26.7 Å². The number of rotatable bonds is 4. The quantitative estimate of drug-likeness (QED) is 0.489. The lowest BCUT2D eigenvalue weighted by molar-refractivity contribution is 0.339. The number of aromatic nitrogens is 2. The zero-order valence-corrected chi connectivity index (χ0v) is 19.2. The molecule has 1 aliphatic rings. The zero-order valence-electron chi connectivity index (χ0n) is 17.6. The highest BCUT2D eigenvalue weighted by Crippen LogP contribution is 2.48. The van der Waals surface area contributed by atoms with Crippen LogP contribution in [0.3, 0.4) is 0 Å². The van der Waals surface area contributed by atoms with Gasteiger partial charge in [-0.05, 0) is 42.0 Å². The highest BCUT2D eigenvalue weighted by Gasteiger charge is 2.28. The molecule has 0 fully saturated rings. The fourth-order valence-corrected chi connectivity index (χ4v) is 4.91. The lowest BCUT2D eigenvalue weighted by Crippen LogP contribution is -2.23. The summed E-state index contributed by atoms with van der Waals surface area (Å²) in [6.07, 6.45) is 0.323. The van der Waals surface area contributed by atoms with E-state index in [0.29, 0.717) is 17.8 Å². The van der Waals surface area contributed by atoms with Crippen LogP contribution >= 0.6 is 24.0 Å². The topological polar surface area (TPSA) is 109 Å². The molecule has 0 spiro atoms. The molecule has 0 saturated carbocycles. The zero-order chi connectivity index (χ0) is 23.0. The summed E-state index contributed by atoms with van der Waals surface area (Å²) < 4.78 is 12.1. The van der Waals surface area contributed by atoms with Crippen LogP contribution in [-0.4, -0.2) is 39.7 Å². The Kier molecular flexibility index (Phi) is 5.98. The molecule has 1 atom stereocenters. The second kappa shape index (κ2) is 8.71. The minimum absolute atomic E-state index is 0.0705. The Bertz CT molecular complexity index is 1320. The van der Waals surface area contributed by atoms with Gasteiger partial charge in [-0.3, -0.25) is 19.3 Å². The number of hydrogen-bond acceptors (Lipinski definition) is 8. The maximum Gasteiger partial charge on any atom is 0.264 e. The first-order valence-electron chi connectivity index (χ1n) is 9.64. The molecule has 4 rings (SSSR count). The molecule has 1 unspecified atom stereocenters. The maximum absolute atomic E-state index is 12.8. The lowest BCUT2D eigenvalue weighted by Gasteiger charge is -2.19. The number of nitrogens with zero attached hydrogens (tertiary/aromatic N) is 2. The van der Waals surface area contributed by atoms with Crippen molar-refractivity contribution < 1.29 is 19.7 Å². The highest BCUT2D eigenvalue weighted by atomic mass is 32.2. The molecule has 166 valence electrons. The number of fused-ring (bicyclic) bond motifs is 1. The molecule has 10 heteroatoms. The van der Waals surface area contributed by atoms with Crippen LogP contribution in [0.4, 0.5) is 5.69 Å². The van der Waals surface area contributed by atoms with E-state index in [1.54, 1.807) is 30.9 Å². The molecule has 2 aromatic carbocycles. The van der Waals surface area contributed by atoms with Crippen LogP contribution in [0.5, 0.6) is 23.1 Å². The van der Waals surface area contributed by atoms with Crippen LogP contribution in [0.2, 0.25) is 0 Å². The molecular formula is C22H21N3O5S2. The Labute approximate surface area is 193 Å². The highest BCUT2D eigenvalue weighted by molar-refractivity contribution is 7.99. The minimum atomic E-state index is -0.506. The first-order chi connectivity index (χ1) is 15.3. The van der Waals surface area contributed by atoms with Crippen LogP contribution in [0.15, 0.2) is 51.1 Å². The number of aliphatic imine (C=N–C) groups is 1. The summed E-state index contributed by atoms with van der Waals surface area (Å²) in [7, 11) is 4.51. The van der Waals surface area contributed by atoms with Crippen LogP contribution in [-0.2, 0) is 7.05 Å². The number of nitrogens with one attached hydrogen (secondary N) is 1. The number of thioether (sulfide) groups is 1. The van der Waals surface area contributed by atoms with E-state index in [9.17, 15) is 15.0 Å². The summed E-state index contributed by atoms with van der Waals surface area (Å²) in [5, 5.41) is 20.8. The molecular weight excluding hydrogens is 450 g/mol. The van der Waals surface area contributed by atoms with Crippen molar-refractivity contribution in [2.24, 2.45) is 12.0 Å². The molecule has 3 aromatic rings. The van der Waals surface area contributed by atoms with Crippen LogP contribution < -0.4 is 15.0 Å². The monoisotopic (exact) mass is 471 g/mol. The van der Waals surface area contributed by atoms with Gasteiger partial charge in [0.05, 0.1) is 25.6 Å². The number of methoxy groups -OCH3 is 2. The number of phenols is 1. The molecule has 2 heterocycles. The summed E-state index contributed by atoms with van der Waals surface area (Å²) in [5.74, 6) is 0.215. The number of ether oxygens (including phenoxy) is 2. The van der Waals surface area contributed by atoms with Gasteiger partial charge in [-0.2, -0.15) is 0 Å². The predicted molar refractivity (Wildman–Crippen MR) is 126 cm³/mol. The third-order valence-corrected chi connectivity index (χ3v) is 6.92. The number of aromatic amines is 1. The van der Waals surface area contributed by atoms with Crippen molar-refractivity contribution in [3.05, 3.63) is 62.6 Å².